The third-order valence-electron chi connectivity index (χ3n) is 6.37. The zero-order valence-corrected chi connectivity index (χ0v) is 17.9. The fraction of sp³-hybridized carbons (Fsp3) is 0.111. The summed E-state index contributed by atoms with van der Waals surface area (Å²) in [4.78, 5) is 20.2. The maximum Gasteiger partial charge on any atom is 0.251 e. The molecule has 0 fully saturated rings. The zero-order valence-electron chi connectivity index (χ0n) is 17.9. The van der Waals surface area contributed by atoms with Crippen molar-refractivity contribution in [2.24, 2.45) is 7.05 Å². The molecular formula is C27H23N3O2. The summed E-state index contributed by atoms with van der Waals surface area (Å²) in [5, 5.41) is 11.2. The number of aryl methyl sites for hydroxylation is 1. The number of phenols is 1. The van der Waals surface area contributed by atoms with E-state index in [-0.39, 0.29) is 11.3 Å². The van der Waals surface area contributed by atoms with E-state index in [9.17, 15) is 9.90 Å². The molecule has 5 nitrogen and oxygen atoms in total. The second-order valence-corrected chi connectivity index (χ2v) is 8.19. The molecule has 0 amide bonds. The van der Waals surface area contributed by atoms with Gasteiger partial charge in [0.2, 0.25) is 0 Å². The number of aromatic nitrogens is 3. The highest BCUT2D eigenvalue weighted by atomic mass is 16.3. The minimum absolute atomic E-state index is 0.0478. The van der Waals surface area contributed by atoms with E-state index in [1.54, 1.807) is 36.1 Å². The van der Waals surface area contributed by atoms with E-state index >= 15 is 0 Å². The second kappa shape index (κ2) is 7.54. The van der Waals surface area contributed by atoms with Gasteiger partial charge < -0.3 is 14.7 Å². The Morgan fingerprint density at radius 3 is 2.44 bits per heavy atom. The van der Waals surface area contributed by atoms with Crippen molar-refractivity contribution in [1.82, 2.24) is 14.5 Å². The largest absolute Gasteiger partial charge is 0.508 e. The molecule has 0 aliphatic rings. The van der Waals surface area contributed by atoms with Gasteiger partial charge in [-0.2, -0.15) is 0 Å². The molecule has 158 valence electrons. The average molecular weight is 422 g/mol. The molecule has 0 bridgehead atoms. The monoisotopic (exact) mass is 421 g/mol. The van der Waals surface area contributed by atoms with Crippen LogP contribution in [-0.4, -0.2) is 19.6 Å². The summed E-state index contributed by atoms with van der Waals surface area (Å²) in [5.74, 6) is 0.210. The van der Waals surface area contributed by atoms with Crippen LogP contribution in [0.3, 0.4) is 0 Å². The first-order chi connectivity index (χ1) is 15.5. The standard InChI is InChI=1S/C27H23N3O2/c1-27(25-16-28-17-29-25,19-9-6-10-21(31)13-19)20-11-12-24-23(14-20)22(15-26(32)30(24)2)18-7-4-3-5-8-18/h3-17,31H,1-2H3,(H,28,29). The predicted molar refractivity (Wildman–Crippen MR) is 127 cm³/mol. The normalized spacial score (nSPS) is 13.2. The van der Waals surface area contributed by atoms with Gasteiger partial charge in [0.15, 0.2) is 0 Å². The molecule has 2 aromatic heterocycles. The first kappa shape index (κ1) is 19.8. The van der Waals surface area contributed by atoms with Gasteiger partial charge in [-0.3, -0.25) is 4.79 Å². The number of hydrogen-bond donors (Lipinski definition) is 2. The highest BCUT2D eigenvalue weighted by Gasteiger charge is 2.33. The fourth-order valence-electron chi connectivity index (χ4n) is 4.45. The number of H-pyrrole nitrogens is 1. The van der Waals surface area contributed by atoms with Gasteiger partial charge in [-0.1, -0.05) is 48.5 Å². The number of fused-ring (bicyclic) bond motifs is 1. The maximum atomic E-state index is 12.7. The van der Waals surface area contributed by atoms with E-state index in [2.05, 4.69) is 23.0 Å². The summed E-state index contributed by atoms with van der Waals surface area (Å²) >= 11 is 0. The number of aromatic amines is 1. The molecule has 0 aliphatic carbocycles. The molecule has 0 radical (unpaired) electrons. The number of rotatable bonds is 4. The Morgan fingerprint density at radius 1 is 0.938 bits per heavy atom. The lowest BCUT2D eigenvalue weighted by Crippen LogP contribution is -2.26. The molecule has 0 saturated carbocycles. The Bertz CT molecular complexity index is 1470. The Morgan fingerprint density at radius 2 is 1.72 bits per heavy atom. The third kappa shape index (κ3) is 3.10. The second-order valence-electron chi connectivity index (χ2n) is 8.19. The Balaban J connectivity index is 1.83. The molecule has 5 heteroatoms. The van der Waals surface area contributed by atoms with E-state index in [1.807, 2.05) is 60.8 Å². The summed E-state index contributed by atoms with van der Waals surface area (Å²) in [6.07, 6.45) is 3.48. The molecule has 5 aromatic rings. The zero-order chi connectivity index (χ0) is 22.3. The minimum atomic E-state index is -0.591. The van der Waals surface area contributed by atoms with Crippen LogP contribution in [0.5, 0.6) is 5.75 Å². The van der Waals surface area contributed by atoms with Gasteiger partial charge in [0.1, 0.15) is 5.75 Å². The van der Waals surface area contributed by atoms with Crippen LogP contribution in [0.1, 0.15) is 23.7 Å². The minimum Gasteiger partial charge on any atom is -0.508 e. The fourth-order valence-corrected chi connectivity index (χ4v) is 4.45. The van der Waals surface area contributed by atoms with Crippen molar-refractivity contribution in [3.63, 3.8) is 0 Å². The van der Waals surface area contributed by atoms with Gasteiger partial charge in [-0.25, -0.2) is 4.98 Å². The predicted octanol–water partition coefficient (Wildman–Crippen LogP) is 4.99. The van der Waals surface area contributed by atoms with Crippen LogP contribution in [0.15, 0.2) is 96.2 Å². The van der Waals surface area contributed by atoms with Crippen LogP contribution < -0.4 is 5.56 Å². The molecule has 3 aromatic carbocycles. The number of aromatic hydroxyl groups is 1. The van der Waals surface area contributed by atoms with Crippen molar-refractivity contribution >= 4 is 10.9 Å². The highest BCUT2D eigenvalue weighted by molar-refractivity contribution is 5.95. The van der Waals surface area contributed by atoms with Gasteiger partial charge in [0.25, 0.3) is 5.56 Å². The molecule has 2 heterocycles. The van der Waals surface area contributed by atoms with Gasteiger partial charge in [-0.05, 0) is 53.4 Å². The summed E-state index contributed by atoms with van der Waals surface area (Å²) in [6, 6.07) is 25.1. The number of nitrogens with one attached hydrogen (secondary N) is 1. The van der Waals surface area contributed by atoms with Crippen LogP contribution in [0.2, 0.25) is 0 Å². The lowest BCUT2D eigenvalue weighted by Gasteiger charge is -2.30. The van der Waals surface area contributed by atoms with Crippen LogP contribution in [0, 0.1) is 0 Å². The van der Waals surface area contributed by atoms with Crippen molar-refractivity contribution in [3.8, 4) is 16.9 Å². The lowest BCUT2D eigenvalue weighted by atomic mass is 9.73. The topological polar surface area (TPSA) is 70.9 Å². The number of nitrogens with zero attached hydrogens (tertiary/aromatic N) is 2. The quantitative estimate of drug-likeness (QED) is 0.430. The van der Waals surface area contributed by atoms with Crippen molar-refractivity contribution < 1.29 is 5.11 Å². The Hall–Kier alpha value is -4.12. The van der Waals surface area contributed by atoms with E-state index in [0.29, 0.717) is 0 Å². The van der Waals surface area contributed by atoms with Crippen molar-refractivity contribution in [1.29, 1.82) is 0 Å². The van der Waals surface area contributed by atoms with Gasteiger partial charge in [-0.15, -0.1) is 0 Å². The average Bonchev–Trinajstić information content (AvgIpc) is 3.37. The van der Waals surface area contributed by atoms with Crippen molar-refractivity contribution in [3.05, 3.63) is 119 Å². The summed E-state index contributed by atoms with van der Waals surface area (Å²) in [5.41, 5.74) is 4.99. The Kier molecular flexibility index (Phi) is 4.67. The number of phenolic OH excluding ortho intramolecular Hbond substituents is 1. The van der Waals surface area contributed by atoms with E-state index in [1.165, 1.54) is 0 Å². The van der Waals surface area contributed by atoms with Gasteiger partial charge in [0, 0.05) is 30.4 Å². The van der Waals surface area contributed by atoms with Gasteiger partial charge in [0.05, 0.1) is 17.3 Å². The molecule has 5 rings (SSSR count). The first-order valence-corrected chi connectivity index (χ1v) is 10.5. The smallest absolute Gasteiger partial charge is 0.251 e. The van der Waals surface area contributed by atoms with Gasteiger partial charge >= 0.3 is 0 Å². The third-order valence-corrected chi connectivity index (χ3v) is 6.37. The molecule has 0 saturated heterocycles. The number of imidazole rings is 1. The summed E-state index contributed by atoms with van der Waals surface area (Å²) < 4.78 is 1.67. The van der Waals surface area contributed by atoms with E-state index < -0.39 is 5.41 Å². The lowest BCUT2D eigenvalue weighted by molar-refractivity contribution is 0.473. The van der Waals surface area contributed by atoms with Crippen molar-refractivity contribution in [2.75, 3.05) is 0 Å². The van der Waals surface area contributed by atoms with Crippen LogP contribution in [0.4, 0.5) is 0 Å². The molecule has 0 aliphatic heterocycles. The number of pyridine rings is 1. The molecule has 32 heavy (non-hydrogen) atoms. The number of benzene rings is 3. The van der Waals surface area contributed by atoms with E-state index in [4.69, 9.17) is 0 Å². The Labute approximate surface area is 185 Å². The summed E-state index contributed by atoms with van der Waals surface area (Å²) in [6.45, 7) is 2.11. The molecule has 0 spiro atoms. The van der Waals surface area contributed by atoms with Crippen LogP contribution in [-0.2, 0) is 12.5 Å². The molecule has 1 atom stereocenters. The highest BCUT2D eigenvalue weighted by Crippen LogP contribution is 2.40. The van der Waals surface area contributed by atoms with Crippen molar-refractivity contribution in [2.45, 2.75) is 12.3 Å². The SMILES string of the molecule is Cn1c(=O)cc(-c2ccccc2)c2cc(C(C)(c3cccc(O)c3)c3cnc[nH]3)ccc21. The van der Waals surface area contributed by atoms with Crippen LogP contribution >= 0.6 is 0 Å². The van der Waals surface area contributed by atoms with Crippen LogP contribution in [0.25, 0.3) is 22.0 Å². The molecule has 2 N–H and O–H groups in total. The number of hydrogen-bond acceptors (Lipinski definition) is 3. The first-order valence-electron chi connectivity index (χ1n) is 10.5. The summed E-state index contributed by atoms with van der Waals surface area (Å²) in [7, 11) is 1.79. The van der Waals surface area contributed by atoms with E-state index in [0.717, 1.165) is 38.9 Å². The maximum absolute atomic E-state index is 12.7. The molecular weight excluding hydrogens is 398 g/mol. The molecule has 1 unspecified atom stereocenters.